The smallest absolute Gasteiger partial charge is 0.226 e. The number of para-hydroxylation sites is 1. The van der Waals surface area contributed by atoms with Crippen molar-refractivity contribution in [2.24, 2.45) is 5.41 Å². The lowest BCUT2D eigenvalue weighted by atomic mass is 9.73. The standard InChI is InChI=1S/C24H23ClN4O2/c1-24(2)12-17-20(18(30)13-24)21(14-8-4-6-10-16(14)25)29-23(26-17)27-22(28-29)15-9-5-7-11-19(15)31-3/h4-11,21H,12-13H2,1-3H3,(H,26,27,28). The number of rotatable bonds is 3. The van der Waals surface area contributed by atoms with Crippen LogP contribution >= 0.6 is 11.6 Å². The van der Waals surface area contributed by atoms with Crippen LogP contribution in [0.25, 0.3) is 11.4 Å². The lowest BCUT2D eigenvalue weighted by molar-refractivity contribution is -0.118. The van der Waals surface area contributed by atoms with Gasteiger partial charge in [0.15, 0.2) is 11.6 Å². The Morgan fingerprint density at radius 3 is 2.65 bits per heavy atom. The van der Waals surface area contributed by atoms with Crippen LogP contribution in [0.4, 0.5) is 5.95 Å². The minimum absolute atomic E-state index is 0.115. The van der Waals surface area contributed by atoms with Gasteiger partial charge in [-0.2, -0.15) is 4.98 Å². The number of nitrogens with one attached hydrogen (secondary N) is 1. The highest BCUT2D eigenvalue weighted by atomic mass is 35.5. The third-order valence-corrected chi connectivity index (χ3v) is 6.22. The number of Topliss-reactive ketones (excluding diaryl/α,β-unsaturated/α-hetero) is 1. The van der Waals surface area contributed by atoms with Crippen LogP contribution < -0.4 is 10.1 Å². The first-order valence-electron chi connectivity index (χ1n) is 10.3. The van der Waals surface area contributed by atoms with Gasteiger partial charge in [0.25, 0.3) is 0 Å². The molecule has 1 aliphatic carbocycles. The molecule has 1 unspecified atom stereocenters. The van der Waals surface area contributed by atoms with Gasteiger partial charge in [0.05, 0.1) is 12.7 Å². The molecule has 1 aromatic heterocycles. The molecule has 0 fully saturated rings. The number of ether oxygens (including phenoxy) is 1. The molecule has 2 heterocycles. The number of nitrogens with zero attached hydrogens (tertiary/aromatic N) is 3. The molecule has 6 nitrogen and oxygen atoms in total. The Kier molecular flexibility index (Phi) is 4.63. The maximum Gasteiger partial charge on any atom is 0.226 e. The van der Waals surface area contributed by atoms with Gasteiger partial charge >= 0.3 is 0 Å². The number of anilines is 1. The van der Waals surface area contributed by atoms with E-state index in [1.165, 1.54) is 0 Å². The van der Waals surface area contributed by atoms with Crippen LogP contribution in [0.1, 0.15) is 38.3 Å². The predicted molar refractivity (Wildman–Crippen MR) is 120 cm³/mol. The minimum atomic E-state index is -0.431. The molecule has 2 aromatic carbocycles. The first-order chi connectivity index (χ1) is 14.9. The van der Waals surface area contributed by atoms with E-state index in [1.807, 2.05) is 48.5 Å². The van der Waals surface area contributed by atoms with Crippen LogP contribution in [-0.2, 0) is 4.79 Å². The first-order valence-corrected chi connectivity index (χ1v) is 10.6. The van der Waals surface area contributed by atoms with Gasteiger partial charge in [-0.25, -0.2) is 4.68 Å². The van der Waals surface area contributed by atoms with Crippen LogP contribution in [0.2, 0.25) is 5.02 Å². The Morgan fingerprint density at radius 2 is 1.87 bits per heavy atom. The third kappa shape index (κ3) is 3.31. The number of hydrogen-bond donors (Lipinski definition) is 1. The molecule has 0 radical (unpaired) electrons. The maximum atomic E-state index is 13.3. The molecule has 0 amide bonds. The quantitative estimate of drug-likeness (QED) is 0.608. The average molecular weight is 435 g/mol. The van der Waals surface area contributed by atoms with E-state index in [4.69, 9.17) is 26.4 Å². The van der Waals surface area contributed by atoms with Crippen molar-refractivity contribution in [3.63, 3.8) is 0 Å². The molecule has 3 aromatic rings. The molecule has 0 saturated carbocycles. The van der Waals surface area contributed by atoms with Crippen LogP contribution in [0.5, 0.6) is 5.75 Å². The number of methoxy groups -OCH3 is 1. The van der Waals surface area contributed by atoms with Crippen LogP contribution in [0.3, 0.4) is 0 Å². The van der Waals surface area contributed by atoms with E-state index in [9.17, 15) is 4.79 Å². The third-order valence-electron chi connectivity index (χ3n) is 5.88. The van der Waals surface area contributed by atoms with Crippen LogP contribution in [0, 0.1) is 5.41 Å². The molecular formula is C24H23ClN4O2. The first kappa shape index (κ1) is 19.8. The highest BCUT2D eigenvalue weighted by Gasteiger charge is 2.42. The summed E-state index contributed by atoms with van der Waals surface area (Å²) in [6.45, 7) is 4.22. The average Bonchev–Trinajstić information content (AvgIpc) is 3.15. The fourth-order valence-corrected chi connectivity index (χ4v) is 4.78. The monoisotopic (exact) mass is 434 g/mol. The molecule has 1 N–H and O–H groups in total. The molecule has 31 heavy (non-hydrogen) atoms. The SMILES string of the molecule is COc1ccccc1-c1nc2n(n1)C(c1ccccc1Cl)C1=C(CC(C)(C)CC1=O)N2. The molecule has 7 heteroatoms. The second-order valence-corrected chi connectivity index (χ2v) is 9.19. The summed E-state index contributed by atoms with van der Waals surface area (Å²) in [7, 11) is 1.63. The van der Waals surface area contributed by atoms with Crippen molar-refractivity contribution in [1.82, 2.24) is 14.8 Å². The maximum absolute atomic E-state index is 13.3. The normalized spacial score (nSPS) is 19.5. The summed E-state index contributed by atoms with van der Waals surface area (Å²) in [4.78, 5) is 18.1. The van der Waals surface area contributed by atoms with E-state index in [0.717, 1.165) is 28.8 Å². The number of carbonyl (C=O) groups is 1. The number of hydrogen-bond acceptors (Lipinski definition) is 5. The minimum Gasteiger partial charge on any atom is -0.496 e. The Morgan fingerprint density at radius 1 is 1.13 bits per heavy atom. The fourth-order valence-electron chi connectivity index (χ4n) is 4.54. The molecule has 0 saturated heterocycles. The predicted octanol–water partition coefficient (Wildman–Crippen LogP) is 5.27. The number of ketones is 1. The summed E-state index contributed by atoms with van der Waals surface area (Å²) >= 11 is 6.59. The summed E-state index contributed by atoms with van der Waals surface area (Å²) in [5.41, 5.74) is 3.12. The van der Waals surface area contributed by atoms with Gasteiger partial charge in [-0.15, -0.1) is 5.10 Å². The van der Waals surface area contributed by atoms with Gasteiger partial charge in [-0.3, -0.25) is 4.79 Å². The second-order valence-electron chi connectivity index (χ2n) is 8.79. The molecule has 2 aliphatic rings. The number of allylic oxidation sites excluding steroid dienone is 2. The summed E-state index contributed by atoms with van der Waals surface area (Å²) in [6, 6.07) is 14.8. The Hall–Kier alpha value is -3.12. The van der Waals surface area contributed by atoms with Crippen molar-refractivity contribution in [3.8, 4) is 17.1 Å². The zero-order valence-electron chi connectivity index (χ0n) is 17.6. The summed E-state index contributed by atoms with van der Waals surface area (Å²) in [5, 5.41) is 8.80. The highest BCUT2D eigenvalue weighted by Crippen LogP contribution is 2.47. The van der Waals surface area contributed by atoms with Crippen molar-refractivity contribution >= 4 is 23.3 Å². The lowest BCUT2D eigenvalue weighted by Crippen LogP contribution is -2.36. The number of benzene rings is 2. The van der Waals surface area contributed by atoms with E-state index < -0.39 is 6.04 Å². The number of halogens is 1. The van der Waals surface area contributed by atoms with Crippen LogP contribution in [-0.4, -0.2) is 27.7 Å². The van der Waals surface area contributed by atoms with Crippen molar-refractivity contribution in [2.45, 2.75) is 32.7 Å². The van der Waals surface area contributed by atoms with Crippen molar-refractivity contribution < 1.29 is 9.53 Å². The van der Waals surface area contributed by atoms with E-state index in [-0.39, 0.29) is 11.2 Å². The number of fused-ring (bicyclic) bond motifs is 1. The summed E-state index contributed by atoms with van der Waals surface area (Å²) < 4.78 is 7.28. The second kappa shape index (κ2) is 7.24. The zero-order valence-corrected chi connectivity index (χ0v) is 18.4. The molecular weight excluding hydrogens is 412 g/mol. The van der Waals surface area contributed by atoms with Crippen molar-refractivity contribution in [2.75, 3.05) is 12.4 Å². The van der Waals surface area contributed by atoms with Crippen LogP contribution in [0.15, 0.2) is 59.8 Å². The number of carbonyl (C=O) groups excluding carboxylic acids is 1. The van der Waals surface area contributed by atoms with E-state index in [0.29, 0.717) is 29.0 Å². The highest BCUT2D eigenvalue weighted by molar-refractivity contribution is 6.31. The van der Waals surface area contributed by atoms with Gasteiger partial charge in [0.1, 0.15) is 11.8 Å². The van der Waals surface area contributed by atoms with E-state index >= 15 is 0 Å². The van der Waals surface area contributed by atoms with Crippen molar-refractivity contribution in [3.05, 3.63) is 70.4 Å². The number of aromatic nitrogens is 3. The Balaban J connectivity index is 1.71. The molecule has 1 atom stereocenters. The molecule has 158 valence electrons. The summed E-state index contributed by atoms with van der Waals surface area (Å²) in [6.07, 6.45) is 1.24. The largest absolute Gasteiger partial charge is 0.496 e. The van der Waals surface area contributed by atoms with Gasteiger partial charge in [-0.05, 0) is 30.0 Å². The zero-order chi connectivity index (χ0) is 21.8. The molecule has 5 rings (SSSR count). The Labute approximate surface area is 185 Å². The van der Waals surface area contributed by atoms with Gasteiger partial charge < -0.3 is 10.1 Å². The molecule has 1 aliphatic heterocycles. The van der Waals surface area contributed by atoms with E-state index in [1.54, 1.807) is 11.8 Å². The lowest BCUT2D eigenvalue weighted by Gasteiger charge is -2.38. The molecule has 0 spiro atoms. The summed E-state index contributed by atoms with van der Waals surface area (Å²) in [5.74, 6) is 1.93. The fraction of sp³-hybridized carbons (Fsp3) is 0.292. The van der Waals surface area contributed by atoms with Crippen molar-refractivity contribution in [1.29, 1.82) is 0 Å². The Bertz CT molecular complexity index is 1230. The van der Waals surface area contributed by atoms with Gasteiger partial charge in [0.2, 0.25) is 5.95 Å². The van der Waals surface area contributed by atoms with Gasteiger partial charge in [0, 0.05) is 28.3 Å². The van der Waals surface area contributed by atoms with Gasteiger partial charge in [-0.1, -0.05) is 55.8 Å². The molecule has 0 bridgehead atoms. The topological polar surface area (TPSA) is 69.0 Å². The van der Waals surface area contributed by atoms with E-state index in [2.05, 4.69) is 19.2 Å².